The fraction of sp³-hybridized carbons (Fsp3) is 0.467. The average Bonchev–Trinajstić information content (AvgIpc) is 2.98. The van der Waals surface area contributed by atoms with E-state index in [1.165, 1.54) is 11.3 Å². The first-order valence-corrected chi connectivity index (χ1v) is 7.97. The van der Waals surface area contributed by atoms with Crippen molar-refractivity contribution in [2.24, 2.45) is 0 Å². The number of nitrogen functional groups attached to an aromatic ring is 1. The summed E-state index contributed by atoms with van der Waals surface area (Å²) in [5.74, 6) is -0.145. The Morgan fingerprint density at radius 3 is 2.76 bits per heavy atom. The quantitative estimate of drug-likeness (QED) is 0.912. The first-order chi connectivity index (χ1) is 9.84. The topological polar surface area (TPSA) is 72.9 Å². The number of amides is 1. The molecule has 0 unspecified atom stereocenters. The normalized spacial score (nSPS) is 15.2. The van der Waals surface area contributed by atoms with E-state index in [9.17, 15) is 4.79 Å². The molecule has 0 atom stereocenters. The molecule has 1 fully saturated rings. The molecule has 0 radical (unpaired) electrons. The molecule has 0 aliphatic heterocycles. The van der Waals surface area contributed by atoms with Crippen LogP contribution in [0.25, 0.3) is 0 Å². The highest BCUT2D eigenvalue weighted by Crippen LogP contribution is 2.37. The van der Waals surface area contributed by atoms with Crippen LogP contribution in [0.2, 0.25) is 0 Å². The molecule has 2 heterocycles. The number of nitrogens with zero attached hydrogens (tertiary/aromatic N) is 2. The van der Waals surface area contributed by atoms with Gasteiger partial charge in [-0.05, 0) is 18.9 Å². The van der Waals surface area contributed by atoms with E-state index in [-0.39, 0.29) is 11.3 Å². The van der Waals surface area contributed by atoms with Crippen LogP contribution in [-0.4, -0.2) is 15.5 Å². The lowest BCUT2D eigenvalue weighted by atomic mass is 9.93. The van der Waals surface area contributed by atoms with Crippen LogP contribution >= 0.6 is 11.3 Å². The molecule has 0 spiro atoms. The van der Waals surface area contributed by atoms with Crippen LogP contribution in [0.1, 0.15) is 55.8 Å². The Kier molecular flexibility index (Phi) is 3.28. The summed E-state index contributed by atoms with van der Waals surface area (Å²) >= 11 is 1.45. The van der Waals surface area contributed by atoms with E-state index in [2.05, 4.69) is 31.1 Å². The lowest BCUT2D eigenvalue weighted by Crippen LogP contribution is -2.17. The molecule has 3 N–H and O–H groups in total. The van der Waals surface area contributed by atoms with Crippen molar-refractivity contribution >= 4 is 28.1 Å². The molecule has 2 aromatic heterocycles. The molecular weight excluding hydrogens is 284 g/mol. The van der Waals surface area contributed by atoms with Crippen molar-refractivity contribution in [2.45, 2.75) is 45.1 Å². The Morgan fingerprint density at radius 1 is 1.48 bits per heavy atom. The molecule has 0 aromatic carbocycles. The van der Waals surface area contributed by atoms with E-state index >= 15 is 0 Å². The minimum atomic E-state index is -0.145. The number of anilines is 2. The van der Waals surface area contributed by atoms with Crippen molar-refractivity contribution < 1.29 is 4.79 Å². The average molecular weight is 304 g/mol. The molecule has 1 saturated carbocycles. The number of nitrogens with two attached hydrogens (primary N) is 1. The maximum atomic E-state index is 12.4. The van der Waals surface area contributed by atoms with Gasteiger partial charge < -0.3 is 10.3 Å². The van der Waals surface area contributed by atoms with Crippen LogP contribution in [0, 0.1) is 0 Å². The monoisotopic (exact) mass is 304 g/mol. The predicted molar refractivity (Wildman–Crippen MR) is 85.9 cm³/mol. The number of thiazole rings is 1. The van der Waals surface area contributed by atoms with Crippen molar-refractivity contribution in [2.75, 3.05) is 11.1 Å². The highest BCUT2D eigenvalue weighted by atomic mass is 32.1. The number of hydrogen-bond acceptors (Lipinski definition) is 4. The second kappa shape index (κ2) is 4.87. The van der Waals surface area contributed by atoms with Gasteiger partial charge in [0, 0.05) is 23.0 Å². The van der Waals surface area contributed by atoms with Gasteiger partial charge in [0.2, 0.25) is 0 Å². The van der Waals surface area contributed by atoms with Gasteiger partial charge in [-0.25, -0.2) is 4.98 Å². The molecule has 1 aliphatic carbocycles. The van der Waals surface area contributed by atoms with Gasteiger partial charge in [0.1, 0.15) is 5.69 Å². The zero-order valence-corrected chi connectivity index (χ0v) is 13.3. The Balaban J connectivity index is 1.79. The molecular formula is C15H20N4OS. The summed E-state index contributed by atoms with van der Waals surface area (Å²) in [4.78, 5) is 16.9. The maximum absolute atomic E-state index is 12.4. The number of nitrogens with one attached hydrogen (secondary N) is 1. The predicted octanol–water partition coefficient (Wildman–Crippen LogP) is 3.41. The summed E-state index contributed by atoms with van der Waals surface area (Å²) in [5, 5.41) is 5.50. The summed E-state index contributed by atoms with van der Waals surface area (Å²) in [6.07, 6.45) is 4.06. The van der Waals surface area contributed by atoms with Crippen LogP contribution in [0.5, 0.6) is 0 Å². The minimum absolute atomic E-state index is 0.0157. The highest BCUT2D eigenvalue weighted by Gasteiger charge is 2.28. The standard InChI is InChI=1S/C15H20N4OS/c1-15(2,3)12-8-21-14(17-12)18-13(20)11-6-9(16)7-19(11)10-4-5-10/h6-8,10H,4-5,16H2,1-3H3,(H,17,18,20). The Bertz CT molecular complexity index is 676. The van der Waals surface area contributed by atoms with Gasteiger partial charge in [0.05, 0.1) is 11.4 Å². The first-order valence-electron chi connectivity index (χ1n) is 7.09. The van der Waals surface area contributed by atoms with E-state index < -0.39 is 0 Å². The summed E-state index contributed by atoms with van der Waals surface area (Å²) in [5.41, 5.74) is 8.03. The van der Waals surface area contributed by atoms with E-state index in [0.29, 0.717) is 22.6 Å². The van der Waals surface area contributed by atoms with E-state index in [1.54, 1.807) is 6.07 Å². The number of aromatic nitrogens is 2. The van der Waals surface area contributed by atoms with Crippen LogP contribution in [0.3, 0.4) is 0 Å². The van der Waals surface area contributed by atoms with Gasteiger partial charge in [-0.1, -0.05) is 20.8 Å². The van der Waals surface area contributed by atoms with Crippen molar-refractivity contribution in [3.63, 3.8) is 0 Å². The van der Waals surface area contributed by atoms with Gasteiger partial charge in [-0.2, -0.15) is 0 Å². The van der Waals surface area contributed by atoms with E-state index in [0.717, 1.165) is 18.5 Å². The van der Waals surface area contributed by atoms with Crippen LogP contribution in [0.15, 0.2) is 17.6 Å². The lowest BCUT2D eigenvalue weighted by Gasteiger charge is -2.14. The smallest absolute Gasteiger partial charge is 0.274 e. The Morgan fingerprint density at radius 2 is 2.19 bits per heavy atom. The van der Waals surface area contributed by atoms with Crippen LogP contribution in [-0.2, 0) is 5.41 Å². The van der Waals surface area contributed by atoms with Gasteiger partial charge in [-0.3, -0.25) is 10.1 Å². The molecule has 0 bridgehead atoms. The molecule has 5 nitrogen and oxygen atoms in total. The molecule has 1 aliphatic rings. The largest absolute Gasteiger partial charge is 0.397 e. The van der Waals surface area contributed by atoms with Gasteiger partial charge in [0.15, 0.2) is 5.13 Å². The molecule has 1 amide bonds. The third-order valence-corrected chi connectivity index (χ3v) is 4.29. The van der Waals surface area contributed by atoms with Crippen LogP contribution < -0.4 is 11.1 Å². The summed E-state index contributed by atoms with van der Waals surface area (Å²) in [6.45, 7) is 6.31. The van der Waals surface area contributed by atoms with Crippen LogP contribution in [0.4, 0.5) is 10.8 Å². The van der Waals surface area contributed by atoms with Gasteiger partial charge in [0.25, 0.3) is 5.91 Å². The van der Waals surface area contributed by atoms with E-state index in [4.69, 9.17) is 5.73 Å². The summed E-state index contributed by atoms with van der Waals surface area (Å²) in [6, 6.07) is 2.15. The second-order valence-electron chi connectivity index (χ2n) is 6.54. The molecule has 3 rings (SSSR count). The molecule has 6 heteroatoms. The van der Waals surface area contributed by atoms with Gasteiger partial charge in [-0.15, -0.1) is 11.3 Å². The summed E-state index contributed by atoms with van der Waals surface area (Å²) < 4.78 is 1.98. The fourth-order valence-electron chi connectivity index (χ4n) is 2.17. The molecule has 2 aromatic rings. The first kappa shape index (κ1) is 14.1. The summed E-state index contributed by atoms with van der Waals surface area (Å²) in [7, 11) is 0. The Labute approximate surface area is 128 Å². The zero-order chi connectivity index (χ0) is 15.2. The molecule has 112 valence electrons. The number of carbonyl (C=O) groups is 1. The van der Waals surface area contributed by atoms with Gasteiger partial charge >= 0.3 is 0 Å². The Hall–Kier alpha value is -1.82. The third kappa shape index (κ3) is 2.95. The van der Waals surface area contributed by atoms with Crippen molar-refractivity contribution in [1.82, 2.24) is 9.55 Å². The zero-order valence-electron chi connectivity index (χ0n) is 12.5. The van der Waals surface area contributed by atoms with E-state index in [1.807, 2.05) is 16.1 Å². The second-order valence-corrected chi connectivity index (χ2v) is 7.40. The van der Waals surface area contributed by atoms with Crippen molar-refractivity contribution in [3.8, 4) is 0 Å². The maximum Gasteiger partial charge on any atom is 0.274 e. The lowest BCUT2D eigenvalue weighted by molar-refractivity contribution is 0.101. The third-order valence-electron chi connectivity index (χ3n) is 3.54. The molecule has 0 saturated heterocycles. The highest BCUT2D eigenvalue weighted by molar-refractivity contribution is 7.14. The number of hydrogen-bond donors (Lipinski definition) is 2. The molecule has 21 heavy (non-hydrogen) atoms. The fourth-order valence-corrected chi connectivity index (χ4v) is 3.11. The SMILES string of the molecule is CC(C)(C)c1csc(NC(=O)c2cc(N)cn2C2CC2)n1. The number of rotatable bonds is 3. The number of carbonyl (C=O) groups excluding carboxylic acids is 1. The van der Waals surface area contributed by atoms with Crippen molar-refractivity contribution in [3.05, 3.63) is 29.0 Å². The van der Waals surface area contributed by atoms with Crippen molar-refractivity contribution in [1.29, 1.82) is 0 Å². The minimum Gasteiger partial charge on any atom is -0.397 e.